The normalized spacial score (nSPS) is 22.8. The van der Waals surface area contributed by atoms with Crippen molar-refractivity contribution >= 4 is 23.1 Å². The molecule has 1 heterocycles. The van der Waals surface area contributed by atoms with E-state index in [-0.39, 0.29) is 17.5 Å². The number of hydrogen-bond donors (Lipinski definition) is 3. The predicted molar refractivity (Wildman–Crippen MR) is 112 cm³/mol. The largest absolute Gasteiger partial charge is 0.504 e. The van der Waals surface area contributed by atoms with Crippen LogP contribution < -0.4 is 15.4 Å². The van der Waals surface area contributed by atoms with Gasteiger partial charge in [-0.15, -0.1) is 0 Å². The van der Waals surface area contributed by atoms with Crippen molar-refractivity contribution in [2.24, 2.45) is 11.8 Å². The van der Waals surface area contributed by atoms with Gasteiger partial charge in [0.25, 0.3) is 0 Å². The van der Waals surface area contributed by atoms with Crippen molar-refractivity contribution in [3.8, 4) is 11.5 Å². The average molecular weight is 408 g/mol. The molecule has 0 unspecified atom stereocenters. The predicted octanol–water partition coefficient (Wildman–Crippen LogP) is 3.63. The van der Waals surface area contributed by atoms with Crippen molar-refractivity contribution in [2.75, 3.05) is 24.9 Å². The summed E-state index contributed by atoms with van der Waals surface area (Å²) >= 11 is 0. The maximum absolute atomic E-state index is 13.6. The molecule has 0 amide bonds. The van der Waals surface area contributed by atoms with E-state index in [1.54, 1.807) is 18.2 Å². The number of carbonyl (C=O) groups is 2. The second-order valence-corrected chi connectivity index (χ2v) is 7.58. The number of ether oxygens (including phenoxy) is 2. The number of phenolic OH excluding ortho intramolecular Hbond substituents is 1. The molecule has 2 aromatic carbocycles. The molecule has 4 rings (SSSR count). The second-order valence-electron chi connectivity index (χ2n) is 7.58. The quantitative estimate of drug-likeness (QED) is 0.527. The number of benzene rings is 2. The van der Waals surface area contributed by atoms with Crippen LogP contribution in [0.1, 0.15) is 24.9 Å². The molecule has 30 heavy (non-hydrogen) atoms. The van der Waals surface area contributed by atoms with Crippen LogP contribution in [0, 0.1) is 11.8 Å². The molecule has 1 aliphatic heterocycles. The molecule has 0 radical (unpaired) electrons. The molecule has 7 nitrogen and oxygen atoms in total. The summed E-state index contributed by atoms with van der Waals surface area (Å²) in [5.74, 6) is -1.72. The Morgan fingerprint density at radius 1 is 1.10 bits per heavy atom. The van der Waals surface area contributed by atoms with E-state index in [1.165, 1.54) is 14.2 Å². The van der Waals surface area contributed by atoms with E-state index in [9.17, 15) is 14.7 Å². The van der Waals surface area contributed by atoms with Crippen LogP contribution in [0.25, 0.3) is 0 Å². The minimum absolute atomic E-state index is 0.0511. The monoisotopic (exact) mass is 408 g/mol. The van der Waals surface area contributed by atoms with Gasteiger partial charge in [-0.05, 0) is 30.5 Å². The molecule has 0 aromatic heterocycles. The summed E-state index contributed by atoms with van der Waals surface area (Å²) in [5.41, 5.74) is 3.26. The number of fused-ring (bicyclic) bond motifs is 1. The Morgan fingerprint density at radius 3 is 2.53 bits per heavy atom. The first-order valence-electron chi connectivity index (χ1n) is 9.79. The average Bonchev–Trinajstić information content (AvgIpc) is 2.90. The van der Waals surface area contributed by atoms with Crippen LogP contribution in [-0.4, -0.2) is 31.1 Å². The highest BCUT2D eigenvalue weighted by molar-refractivity contribution is 6.11. The Labute approximate surface area is 174 Å². The summed E-state index contributed by atoms with van der Waals surface area (Å²) in [7, 11) is 2.76. The fourth-order valence-electron chi connectivity index (χ4n) is 4.30. The Morgan fingerprint density at radius 2 is 1.83 bits per heavy atom. The van der Waals surface area contributed by atoms with Gasteiger partial charge in [0.1, 0.15) is 5.92 Å². The van der Waals surface area contributed by atoms with Gasteiger partial charge in [-0.1, -0.05) is 31.2 Å². The van der Waals surface area contributed by atoms with Gasteiger partial charge in [-0.3, -0.25) is 9.59 Å². The van der Waals surface area contributed by atoms with Gasteiger partial charge in [0, 0.05) is 16.8 Å². The van der Waals surface area contributed by atoms with Gasteiger partial charge in [-0.2, -0.15) is 0 Å². The number of nitrogens with one attached hydrogen (secondary N) is 2. The fraction of sp³-hybridized carbons (Fsp3) is 0.304. The highest BCUT2D eigenvalue weighted by Crippen LogP contribution is 2.46. The van der Waals surface area contributed by atoms with Gasteiger partial charge >= 0.3 is 5.97 Å². The lowest BCUT2D eigenvalue weighted by molar-refractivity contribution is -0.151. The molecule has 156 valence electrons. The number of anilines is 2. The first kappa shape index (κ1) is 19.8. The van der Waals surface area contributed by atoms with Crippen LogP contribution in [0.15, 0.2) is 53.7 Å². The summed E-state index contributed by atoms with van der Waals surface area (Å²) in [6, 6.07) is 12.1. The molecular weight excluding hydrogens is 384 g/mol. The van der Waals surface area contributed by atoms with E-state index in [1.807, 2.05) is 31.2 Å². The van der Waals surface area contributed by atoms with Crippen molar-refractivity contribution in [1.82, 2.24) is 0 Å². The first-order valence-corrected chi connectivity index (χ1v) is 9.79. The van der Waals surface area contributed by atoms with E-state index >= 15 is 0 Å². The molecule has 7 heteroatoms. The van der Waals surface area contributed by atoms with Crippen LogP contribution in [0.3, 0.4) is 0 Å². The van der Waals surface area contributed by atoms with Crippen molar-refractivity contribution in [2.45, 2.75) is 19.4 Å². The molecule has 0 bridgehead atoms. The molecule has 0 spiro atoms. The fourth-order valence-corrected chi connectivity index (χ4v) is 4.30. The van der Waals surface area contributed by atoms with Gasteiger partial charge < -0.3 is 25.2 Å². The number of esters is 1. The lowest BCUT2D eigenvalue weighted by Crippen LogP contribution is -2.39. The van der Waals surface area contributed by atoms with E-state index in [4.69, 9.17) is 9.47 Å². The highest BCUT2D eigenvalue weighted by atomic mass is 16.5. The third kappa shape index (κ3) is 3.16. The number of Topliss-reactive ketones (excluding diaryl/α,β-unsaturated/α-hetero) is 1. The van der Waals surface area contributed by atoms with Crippen molar-refractivity contribution in [3.63, 3.8) is 0 Å². The molecule has 0 saturated carbocycles. The number of allylic oxidation sites excluding steroid dienone is 1. The number of rotatable bonds is 3. The SMILES string of the molecule is COC(=O)[C@@H]1C(=O)C2=C(C[C@H]1C)Nc1ccccc1N[C@H]2c1cccc(OC)c1O. The number of aromatic hydroxyl groups is 1. The zero-order chi connectivity index (χ0) is 21.4. The molecule has 3 N–H and O–H groups in total. The number of methoxy groups -OCH3 is 2. The van der Waals surface area contributed by atoms with Gasteiger partial charge in [0.15, 0.2) is 17.3 Å². The molecule has 1 aliphatic carbocycles. The highest BCUT2D eigenvalue weighted by Gasteiger charge is 2.44. The zero-order valence-electron chi connectivity index (χ0n) is 17.1. The lowest BCUT2D eigenvalue weighted by atomic mass is 9.74. The number of carbonyl (C=O) groups excluding carboxylic acids is 2. The smallest absolute Gasteiger partial charge is 0.316 e. The minimum atomic E-state index is -0.895. The summed E-state index contributed by atoms with van der Waals surface area (Å²) < 4.78 is 10.2. The third-order valence-electron chi connectivity index (χ3n) is 5.79. The summed E-state index contributed by atoms with van der Waals surface area (Å²) in [6.07, 6.45) is 0.498. The minimum Gasteiger partial charge on any atom is -0.504 e. The van der Waals surface area contributed by atoms with Gasteiger partial charge in [0.05, 0.1) is 31.6 Å². The van der Waals surface area contributed by atoms with Crippen LogP contribution >= 0.6 is 0 Å². The van der Waals surface area contributed by atoms with E-state index in [0.29, 0.717) is 23.3 Å². The lowest BCUT2D eigenvalue weighted by Gasteiger charge is -2.32. The van der Waals surface area contributed by atoms with Crippen molar-refractivity contribution in [1.29, 1.82) is 0 Å². The number of ketones is 1. The van der Waals surface area contributed by atoms with Gasteiger partial charge in [0.2, 0.25) is 0 Å². The van der Waals surface area contributed by atoms with Crippen molar-refractivity contribution in [3.05, 3.63) is 59.3 Å². The Kier molecular flexibility index (Phi) is 5.11. The van der Waals surface area contributed by atoms with Crippen LogP contribution in [0.5, 0.6) is 11.5 Å². The van der Waals surface area contributed by atoms with E-state index in [0.717, 1.165) is 17.1 Å². The number of para-hydroxylation sites is 3. The topological polar surface area (TPSA) is 96.9 Å². The molecular formula is C23H24N2O5. The maximum atomic E-state index is 13.6. The molecule has 0 fully saturated rings. The third-order valence-corrected chi connectivity index (χ3v) is 5.79. The Balaban J connectivity index is 1.91. The van der Waals surface area contributed by atoms with E-state index < -0.39 is 17.9 Å². The van der Waals surface area contributed by atoms with Crippen molar-refractivity contribution < 1.29 is 24.2 Å². The molecule has 2 aliphatic rings. The van der Waals surface area contributed by atoms with Crippen LogP contribution in [0.4, 0.5) is 11.4 Å². The number of hydrogen-bond acceptors (Lipinski definition) is 7. The van der Waals surface area contributed by atoms with Crippen LogP contribution in [-0.2, 0) is 14.3 Å². The summed E-state index contributed by atoms with van der Waals surface area (Å²) in [6.45, 7) is 1.87. The molecule has 2 aromatic rings. The standard InChI is InChI=1S/C23H24N2O5/c1-12-11-16-19(22(27)18(12)23(28)30-3)20(13-7-6-10-17(29-2)21(13)26)25-15-9-5-4-8-14(15)24-16/h4-10,12,18,20,24-26H,11H2,1-3H3/t12-,18+,20+/m1/s1. The first-order chi connectivity index (χ1) is 14.5. The second kappa shape index (κ2) is 7.74. The number of phenols is 1. The summed E-state index contributed by atoms with van der Waals surface area (Å²) in [5, 5.41) is 17.6. The summed E-state index contributed by atoms with van der Waals surface area (Å²) in [4.78, 5) is 26.0. The Hall–Kier alpha value is -3.48. The van der Waals surface area contributed by atoms with Gasteiger partial charge in [-0.25, -0.2) is 0 Å². The molecule has 3 atom stereocenters. The van der Waals surface area contributed by atoms with E-state index in [2.05, 4.69) is 10.6 Å². The zero-order valence-corrected chi connectivity index (χ0v) is 17.1. The van der Waals surface area contributed by atoms with Crippen LogP contribution in [0.2, 0.25) is 0 Å². The molecule has 0 saturated heterocycles. The Bertz CT molecular complexity index is 1050. The maximum Gasteiger partial charge on any atom is 0.316 e.